The number of rotatable bonds is 4. The van der Waals surface area contributed by atoms with Crippen molar-refractivity contribution in [2.75, 3.05) is 39.5 Å². The molecular formula is C16H24BNO4. The van der Waals surface area contributed by atoms with Gasteiger partial charge in [0.25, 0.3) is 0 Å². The topological polar surface area (TPSA) is 40.2 Å². The highest BCUT2D eigenvalue weighted by Gasteiger charge is 2.32. The number of hydrogen-bond acceptors (Lipinski definition) is 5. The molecule has 0 spiro atoms. The van der Waals surface area contributed by atoms with Crippen LogP contribution in [0.3, 0.4) is 0 Å². The molecule has 2 bridgehead atoms. The summed E-state index contributed by atoms with van der Waals surface area (Å²) < 4.78 is 22.9. The van der Waals surface area contributed by atoms with E-state index >= 15 is 0 Å². The summed E-state index contributed by atoms with van der Waals surface area (Å²) >= 11 is 0. The molecule has 3 heterocycles. The molecule has 1 aromatic rings. The molecule has 4 rings (SSSR count). The van der Waals surface area contributed by atoms with Crippen molar-refractivity contribution in [3.63, 3.8) is 0 Å². The van der Waals surface area contributed by atoms with E-state index in [0.29, 0.717) is 19.8 Å². The zero-order valence-corrected chi connectivity index (χ0v) is 13.4. The zero-order valence-electron chi connectivity index (χ0n) is 13.4. The van der Waals surface area contributed by atoms with Crippen molar-refractivity contribution in [3.8, 4) is 5.75 Å². The summed E-state index contributed by atoms with van der Waals surface area (Å²) in [4.78, 5) is 2.30. The van der Waals surface area contributed by atoms with Crippen LogP contribution in [-0.2, 0) is 20.4 Å². The van der Waals surface area contributed by atoms with E-state index in [1.54, 1.807) is 0 Å². The van der Waals surface area contributed by atoms with Crippen molar-refractivity contribution in [2.45, 2.75) is 26.4 Å². The lowest BCUT2D eigenvalue weighted by Crippen LogP contribution is -2.51. The second-order valence-corrected chi connectivity index (χ2v) is 5.91. The minimum atomic E-state index is -0.556. The van der Waals surface area contributed by atoms with Crippen LogP contribution in [0.25, 0.3) is 0 Å². The van der Waals surface area contributed by atoms with E-state index in [9.17, 15) is 0 Å². The van der Waals surface area contributed by atoms with Gasteiger partial charge in [-0.25, -0.2) is 0 Å². The predicted molar refractivity (Wildman–Crippen MR) is 85.0 cm³/mol. The third-order valence-electron chi connectivity index (χ3n) is 4.04. The third-order valence-corrected chi connectivity index (χ3v) is 4.04. The van der Waals surface area contributed by atoms with E-state index in [1.807, 2.05) is 0 Å². The molecule has 6 heteroatoms. The van der Waals surface area contributed by atoms with Gasteiger partial charge in [-0.3, -0.25) is 4.90 Å². The molecule has 1 atom stereocenters. The van der Waals surface area contributed by atoms with Crippen molar-refractivity contribution in [1.29, 1.82) is 0 Å². The fourth-order valence-corrected chi connectivity index (χ4v) is 2.86. The van der Waals surface area contributed by atoms with E-state index in [1.165, 1.54) is 11.1 Å². The summed E-state index contributed by atoms with van der Waals surface area (Å²) in [6.07, 6.45) is 0.964. The molecule has 0 amide bonds. The van der Waals surface area contributed by atoms with Crippen molar-refractivity contribution in [2.24, 2.45) is 0 Å². The largest absolute Gasteiger partial charge is 0.639 e. The summed E-state index contributed by atoms with van der Waals surface area (Å²) in [6, 6.07) is 6.36. The lowest BCUT2D eigenvalue weighted by Gasteiger charge is -2.34. The zero-order chi connectivity index (χ0) is 15.4. The van der Waals surface area contributed by atoms with Gasteiger partial charge in [-0.2, -0.15) is 0 Å². The number of benzene rings is 1. The van der Waals surface area contributed by atoms with Crippen LogP contribution >= 0.6 is 0 Å². The lowest BCUT2D eigenvalue weighted by atomic mass is 10.1. The Labute approximate surface area is 132 Å². The first-order valence-electron chi connectivity index (χ1n) is 8.07. The van der Waals surface area contributed by atoms with E-state index in [2.05, 4.69) is 36.9 Å². The van der Waals surface area contributed by atoms with Crippen molar-refractivity contribution >= 4 is 7.32 Å². The van der Waals surface area contributed by atoms with E-state index in [0.717, 1.165) is 31.8 Å². The highest BCUT2D eigenvalue weighted by atomic mass is 16.7. The summed E-state index contributed by atoms with van der Waals surface area (Å²) in [5.41, 5.74) is 2.51. The Morgan fingerprint density at radius 3 is 2.73 bits per heavy atom. The normalized spacial score (nSPS) is 25.5. The molecule has 0 radical (unpaired) electrons. The third kappa shape index (κ3) is 4.23. The maximum Gasteiger partial charge on any atom is 0.639 e. The molecule has 0 saturated carbocycles. The summed E-state index contributed by atoms with van der Waals surface area (Å²) in [6.45, 7) is 8.75. The van der Waals surface area contributed by atoms with E-state index < -0.39 is 7.32 Å². The average molecular weight is 305 g/mol. The molecule has 3 aliphatic heterocycles. The number of fused-ring (bicyclic) bond motifs is 6. The van der Waals surface area contributed by atoms with Gasteiger partial charge < -0.3 is 18.7 Å². The molecule has 3 aliphatic rings. The van der Waals surface area contributed by atoms with Gasteiger partial charge in [0.1, 0.15) is 12.4 Å². The van der Waals surface area contributed by atoms with Crippen LogP contribution in [0.4, 0.5) is 0 Å². The monoisotopic (exact) mass is 305 g/mol. The Morgan fingerprint density at radius 2 is 2.00 bits per heavy atom. The number of hydrogen-bond donors (Lipinski definition) is 0. The van der Waals surface area contributed by atoms with Gasteiger partial charge in [-0.15, -0.1) is 0 Å². The van der Waals surface area contributed by atoms with Crippen molar-refractivity contribution < 1.29 is 18.7 Å². The first-order chi connectivity index (χ1) is 10.7. The fourth-order valence-electron chi connectivity index (χ4n) is 2.86. The van der Waals surface area contributed by atoms with Crippen LogP contribution in [0.2, 0.25) is 0 Å². The lowest BCUT2D eigenvalue weighted by molar-refractivity contribution is -0.0321. The highest BCUT2D eigenvalue weighted by molar-refractivity contribution is 6.36. The standard InChI is InChI=1S/C16H24BNO4/c1-3-14-8-13(2)9-15(10-14)19-12-16-11-18-4-6-20-17(22-16)21-7-5-18/h8-10,16H,3-7,11-12H2,1-2H3/t16-/m0/s1. The molecule has 5 nitrogen and oxygen atoms in total. The maximum absolute atomic E-state index is 5.97. The van der Waals surface area contributed by atoms with Crippen LogP contribution in [0, 0.1) is 6.92 Å². The van der Waals surface area contributed by atoms with Gasteiger partial charge >= 0.3 is 7.32 Å². The summed E-state index contributed by atoms with van der Waals surface area (Å²) in [7, 11) is -0.556. The second-order valence-electron chi connectivity index (χ2n) is 5.91. The molecule has 22 heavy (non-hydrogen) atoms. The molecule has 0 aromatic heterocycles. The van der Waals surface area contributed by atoms with Gasteiger partial charge in [0.05, 0.1) is 6.10 Å². The molecule has 0 N–H and O–H groups in total. The second kappa shape index (κ2) is 7.46. The van der Waals surface area contributed by atoms with Gasteiger partial charge in [0, 0.05) is 32.8 Å². The van der Waals surface area contributed by atoms with Crippen LogP contribution < -0.4 is 4.74 Å². The minimum absolute atomic E-state index is 0.0452. The van der Waals surface area contributed by atoms with Gasteiger partial charge in [0.15, 0.2) is 0 Å². The quantitative estimate of drug-likeness (QED) is 0.791. The van der Waals surface area contributed by atoms with Gasteiger partial charge in [-0.05, 0) is 36.6 Å². The van der Waals surface area contributed by atoms with Crippen LogP contribution in [-0.4, -0.2) is 57.8 Å². The average Bonchev–Trinajstić information content (AvgIpc) is 2.43. The Morgan fingerprint density at radius 1 is 1.23 bits per heavy atom. The Hall–Kier alpha value is -1.08. The molecule has 3 saturated heterocycles. The maximum atomic E-state index is 5.97. The van der Waals surface area contributed by atoms with E-state index in [4.69, 9.17) is 18.7 Å². The van der Waals surface area contributed by atoms with Crippen molar-refractivity contribution in [3.05, 3.63) is 29.3 Å². The molecule has 3 fully saturated rings. The molecule has 0 aliphatic carbocycles. The first-order valence-corrected chi connectivity index (χ1v) is 8.07. The SMILES string of the molecule is CCc1cc(C)cc(OC[C@@H]2CN3CCOB(OCC3)O2)c1. The van der Waals surface area contributed by atoms with Gasteiger partial charge in [0.2, 0.25) is 0 Å². The van der Waals surface area contributed by atoms with Crippen LogP contribution in [0.5, 0.6) is 5.75 Å². The van der Waals surface area contributed by atoms with Gasteiger partial charge in [-0.1, -0.05) is 13.0 Å². The highest BCUT2D eigenvalue weighted by Crippen LogP contribution is 2.19. The Bertz CT molecular complexity index is 475. The van der Waals surface area contributed by atoms with Crippen LogP contribution in [0.1, 0.15) is 18.1 Å². The summed E-state index contributed by atoms with van der Waals surface area (Å²) in [5, 5.41) is 0. The summed E-state index contributed by atoms with van der Waals surface area (Å²) in [5.74, 6) is 0.907. The number of ether oxygens (including phenoxy) is 1. The molecule has 1 aromatic carbocycles. The van der Waals surface area contributed by atoms with Crippen LogP contribution in [0.15, 0.2) is 18.2 Å². The Kier molecular flexibility index (Phi) is 5.36. The minimum Gasteiger partial charge on any atom is -0.491 e. The fraction of sp³-hybridized carbons (Fsp3) is 0.625. The molecular weight excluding hydrogens is 281 g/mol. The molecule has 120 valence electrons. The first kappa shape index (κ1) is 15.8. The van der Waals surface area contributed by atoms with E-state index in [-0.39, 0.29) is 6.10 Å². The number of aryl methyl sites for hydroxylation is 2. The Balaban J connectivity index is 1.61. The molecule has 0 unspecified atom stereocenters. The predicted octanol–water partition coefficient (Wildman–Crippen LogP) is 1.67. The van der Waals surface area contributed by atoms with Crippen molar-refractivity contribution in [1.82, 2.24) is 4.90 Å². The smallest absolute Gasteiger partial charge is 0.491 e. The number of nitrogens with zero attached hydrogens (tertiary/aromatic N) is 1.